The van der Waals surface area contributed by atoms with Crippen LogP contribution in [0.3, 0.4) is 0 Å². The van der Waals surface area contributed by atoms with Crippen LogP contribution in [0.25, 0.3) is 10.7 Å². The zero-order valence-corrected chi connectivity index (χ0v) is 13.4. The van der Waals surface area contributed by atoms with Crippen LogP contribution in [0, 0.1) is 5.92 Å². The highest BCUT2D eigenvalue weighted by molar-refractivity contribution is 7.16. The molecule has 2 aromatic heterocycles. The maximum atomic E-state index is 12.8. The summed E-state index contributed by atoms with van der Waals surface area (Å²) < 4.78 is 0. The number of piperidine rings is 1. The Bertz CT molecular complexity index is 643. The summed E-state index contributed by atoms with van der Waals surface area (Å²) in [5, 5.41) is 0.776. The molecule has 2 atom stereocenters. The molecule has 0 saturated carbocycles. The van der Waals surface area contributed by atoms with E-state index in [9.17, 15) is 4.79 Å². The number of nitrogens with zero attached hydrogens (tertiary/aromatic N) is 3. The summed E-state index contributed by atoms with van der Waals surface area (Å²) in [5.74, 6) is 0.493. The molecule has 1 saturated heterocycles. The zero-order chi connectivity index (χ0) is 15.5. The van der Waals surface area contributed by atoms with Gasteiger partial charge in [-0.1, -0.05) is 13.0 Å². The van der Waals surface area contributed by atoms with Gasteiger partial charge in [0.1, 0.15) is 9.88 Å². The van der Waals surface area contributed by atoms with Gasteiger partial charge in [-0.05, 0) is 30.9 Å². The van der Waals surface area contributed by atoms with Gasteiger partial charge in [-0.2, -0.15) is 0 Å². The average molecular weight is 316 g/mol. The number of aromatic nitrogens is 2. The molecule has 5 nitrogen and oxygen atoms in total. The van der Waals surface area contributed by atoms with Gasteiger partial charge in [0.2, 0.25) is 0 Å². The second kappa shape index (κ2) is 6.54. The first-order chi connectivity index (χ1) is 10.7. The van der Waals surface area contributed by atoms with E-state index in [2.05, 4.69) is 16.9 Å². The first kappa shape index (κ1) is 15.1. The normalized spacial score (nSPS) is 21.8. The molecule has 1 amide bonds. The number of pyridine rings is 1. The third kappa shape index (κ3) is 2.89. The Hall–Kier alpha value is -1.79. The van der Waals surface area contributed by atoms with Crippen LogP contribution in [0.5, 0.6) is 0 Å². The van der Waals surface area contributed by atoms with E-state index in [0.29, 0.717) is 17.3 Å². The lowest BCUT2D eigenvalue weighted by Crippen LogP contribution is -2.51. The van der Waals surface area contributed by atoms with Crippen molar-refractivity contribution < 1.29 is 4.79 Å². The van der Waals surface area contributed by atoms with E-state index >= 15 is 0 Å². The molecular formula is C16H20N4OS. The fourth-order valence-corrected chi connectivity index (χ4v) is 3.83. The molecular weight excluding hydrogens is 296 g/mol. The summed E-state index contributed by atoms with van der Waals surface area (Å²) in [7, 11) is 0. The van der Waals surface area contributed by atoms with Gasteiger partial charge >= 0.3 is 0 Å². The van der Waals surface area contributed by atoms with E-state index in [1.54, 1.807) is 12.4 Å². The number of rotatable bonds is 3. The highest BCUT2D eigenvalue weighted by Crippen LogP contribution is 2.28. The highest BCUT2D eigenvalue weighted by Gasteiger charge is 2.32. The van der Waals surface area contributed by atoms with Crippen molar-refractivity contribution in [1.82, 2.24) is 14.9 Å². The van der Waals surface area contributed by atoms with E-state index in [1.165, 1.54) is 11.3 Å². The van der Waals surface area contributed by atoms with Crippen molar-refractivity contribution in [3.05, 3.63) is 35.5 Å². The predicted molar refractivity (Wildman–Crippen MR) is 87.6 cm³/mol. The number of likely N-dealkylation sites (tertiary alicyclic amines) is 1. The lowest BCUT2D eigenvalue weighted by molar-refractivity contribution is 0.0537. The fourth-order valence-electron chi connectivity index (χ4n) is 2.98. The molecule has 22 heavy (non-hydrogen) atoms. The van der Waals surface area contributed by atoms with Crippen molar-refractivity contribution in [1.29, 1.82) is 0 Å². The van der Waals surface area contributed by atoms with Gasteiger partial charge in [-0.3, -0.25) is 9.78 Å². The lowest BCUT2D eigenvalue weighted by atomic mass is 9.90. The molecule has 1 fully saturated rings. The van der Waals surface area contributed by atoms with Crippen molar-refractivity contribution in [3.8, 4) is 10.7 Å². The fraction of sp³-hybridized carbons (Fsp3) is 0.438. The molecule has 2 aromatic rings. The zero-order valence-electron chi connectivity index (χ0n) is 12.6. The second-order valence-corrected chi connectivity index (χ2v) is 6.70. The van der Waals surface area contributed by atoms with Crippen LogP contribution in [0.4, 0.5) is 0 Å². The Morgan fingerprint density at radius 1 is 1.45 bits per heavy atom. The Labute approximate surface area is 134 Å². The summed E-state index contributed by atoms with van der Waals surface area (Å²) in [6.07, 6.45) is 5.56. The van der Waals surface area contributed by atoms with Gasteiger partial charge in [-0.25, -0.2) is 4.98 Å². The van der Waals surface area contributed by atoms with E-state index in [0.717, 1.165) is 30.1 Å². The Morgan fingerprint density at radius 3 is 3.05 bits per heavy atom. The molecule has 116 valence electrons. The standard InChI is InChI=1S/C16H20N4OS/c1-11-5-4-8-20(13(11)9-17)16(21)14-10-19-15(22-14)12-6-2-3-7-18-12/h2-3,6-7,10-11,13H,4-5,8-9,17H2,1H3/t11-,13+/m1/s1. The Morgan fingerprint density at radius 2 is 2.32 bits per heavy atom. The molecule has 6 heteroatoms. The molecule has 3 heterocycles. The topological polar surface area (TPSA) is 72.1 Å². The third-order valence-corrected chi connectivity index (χ3v) is 5.23. The van der Waals surface area contributed by atoms with Gasteiger partial charge in [0.25, 0.3) is 5.91 Å². The number of nitrogens with two attached hydrogens (primary N) is 1. The Kier molecular flexibility index (Phi) is 4.49. The van der Waals surface area contributed by atoms with E-state index in [1.807, 2.05) is 23.1 Å². The molecule has 0 unspecified atom stereocenters. The average Bonchev–Trinajstić information content (AvgIpc) is 3.05. The molecule has 0 bridgehead atoms. The van der Waals surface area contributed by atoms with Crippen LogP contribution < -0.4 is 5.73 Å². The minimum absolute atomic E-state index is 0.0432. The summed E-state index contributed by atoms with van der Waals surface area (Å²) >= 11 is 1.40. The molecule has 0 radical (unpaired) electrons. The Balaban J connectivity index is 1.82. The summed E-state index contributed by atoms with van der Waals surface area (Å²) in [5.41, 5.74) is 6.68. The van der Waals surface area contributed by atoms with Crippen molar-refractivity contribution in [2.45, 2.75) is 25.8 Å². The first-order valence-electron chi connectivity index (χ1n) is 7.59. The van der Waals surface area contributed by atoms with E-state index < -0.39 is 0 Å². The smallest absolute Gasteiger partial charge is 0.265 e. The maximum Gasteiger partial charge on any atom is 0.265 e. The number of amides is 1. The summed E-state index contributed by atoms with van der Waals surface area (Å²) in [6.45, 7) is 3.46. The van der Waals surface area contributed by atoms with Gasteiger partial charge in [-0.15, -0.1) is 11.3 Å². The molecule has 0 aromatic carbocycles. The van der Waals surface area contributed by atoms with Crippen LogP contribution >= 0.6 is 11.3 Å². The molecule has 1 aliphatic heterocycles. The third-order valence-electron chi connectivity index (χ3n) is 4.22. The second-order valence-electron chi connectivity index (χ2n) is 5.67. The SMILES string of the molecule is C[C@@H]1CCCN(C(=O)c2cnc(-c3ccccn3)s2)[C@H]1CN. The van der Waals surface area contributed by atoms with Crippen molar-refractivity contribution in [2.75, 3.05) is 13.1 Å². The quantitative estimate of drug-likeness (QED) is 0.944. The van der Waals surface area contributed by atoms with Crippen LogP contribution in [-0.4, -0.2) is 39.9 Å². The van der Waals surface area contributed by atoms with Crippen LogP contribution in [0.2, 0.25) is 0 Å². The number of carbonyl (C=O) groups excluding carboxylic acids is 1. The van der Waals surface area contributed by atoms with Crippen LogP contribution in [0.1, 0.15) is 29.4 Å². The van der Waals surface area contributed by atoms with Crippen LogP contribution in [-0.2, 0) is 0 Å². The van der Waals surface area contributed by atoms with Gasteiger partial charge in [0.05, 0.1) is 11.9 Å². The molecule has 0 aliphatic carbocycles. The number of hydrogen-bond donors (Lipinski definition) is 1. The summed E-state index contributed by atoms with van der Waals surface area (Å²) in [6, 6.07) is 5.81. The van der Waals surface area contributed by atoms with Crippen molar-refractivity contribution in [2.24, 2.45) is 11.7 Å². The predicted octanol–water partition coefficient (Wildman–Crippen LogP) is 2.40. The monoisotopic (exact) mass is 316 g/mol. The number of thiazole rings is 1. The minimum atomic E-state index is 0.0432. The summed E-state index contributed by atoms with van der Waals surface area (Å²) in [4.78, 5) is 24.0. The van der Waals surface area contributed by atoms with Crippen molar-refractivity contribution >= 4 is 17.2 Å². The van der Waals surface area contributed by atoms with E-state index in [4.69, 9.17) is 5.73 Å². The molecule has 2 N–H and O–H groups in total. The maximum absolute atomic E-state index is 12.8. The highest BCUT2D eigenvalue weighted by atomic mass is 32.1. The molecule has 0 spiro atoms. The number of hydrogen-bond acceptors (Lipinski definition) is 5. The van der Waals surface area contributed by atoms with Crippen LogP contribution in [0.15, 0.2) is 30.6 Å². The lowest BCUT2D eigenvalue weighted by Gasteiger charge is -2.39. The largest absolute Gasteiger partial charge is 0.333 e. The number of carbonyl (C=O) groups is 1. The van der Waals surface area contributed by atoms with Crippen molar-refractivity contribution in [3.63, 3.8) is 0 Å². The van der Waals surface area contributed by atoms with Gasteiger partial charge < -0.3 is 10.6 Å². The van der Waals surface area contributed by atoms with Gasteiger partial charge in [0.15, 0.2) is 0 Å². The van der Waals surface area contributed by atoms with Gasteiger partial charge in [0, 0.05) is 25.3 Å². The van der Waals surface area contributed by atoms with E-state index in [-0.39, 0.29) is 11.9 Å². The molecule has 1 aliphatic rings. The first-order valence-corrected chi connectivity index (χ1v) is 8.40. The molecule has 3 rings (SSSR count). The minimum Gasteiger partial charge on any atom is -0.333 e.